The van der Waals surface area contributed by atoms with Crippen LogP contribution >= 0.6 is 23.2 Å². The van der Waals surface area contributed by atoms with Crippen LogP contribution in [0, 0.1) is 25.2 Å². The Morgan fingerprint density at radius 2 is 2.08 bits per heavy atom. The van der Waals surface area contributed by atoms with E-state index in [1.165, 1.54) is 0 Å². The minimum atomic E-state index is -0.583. The van der Waals surface area contributed by atoms with E-state index >= 15 is 0 Å². The summed E-state index contributed by atoms with van der Waals surface area (Å²) in [6, 6.07) is 6.81. The molecule has 124 valence electrons. The second-order valence-corrected chi connectivity index (χ2v) is 6.02. The van der Waals surface area contributed by atoms with E-state index in [4.69, 9.17) is 28.5 Å². The van der Waals surface area contributed by atoms with Crippen LogP contribution in [0.5, 0.6) is 0 Å². The van der Waals surface area contributed by atoms with Crippen molar-refractivity contribution in [3.63, 3.8) is 0 Å². The molecule has 0 aliphatic rings. The van der Waals surface area contributed by atoms with Crippen LogP contribution in [-0.4, -0.2) is 15.7 Å². The van der Waals surface area contributed by atoms with Crippen molar-refractivity contribution in [1.29, 1.82) is 5.26 Å². The summed E-state index contributed by atoms with van der Waals surface area (Å²) in [4.78, 5) is 24.2. The molecule has 0 fully saturated rings. The normalized spacial score (nSPS) is 10.3. The van der Waals surface area contributed by atoms with Gasteiger partial charge in [0.1, 0.15) is 18.2 Å². The van der Waals surface area contributed by atoms with Gasteiger partial charge in [0.15, 0.2) is 0 Å². The predicted octanol–water partition coefficient (Wildman–Crippen LogP) is 2.36. The third-order valence-corrected chi connectivity index (χ3v) is 4.12. The van der Waals surface area contributed by atoms with Crippen molar-refractivity contribution in [3.8, 4) is 6.07 Å². The summed E-state index contributed by atoms with van der Waals surface area (Å²) < 4.78 is 0.986. The lowest BCUT2D eigenvalue weighted by molar-refractivity contribution is -0.122. The van der Waals surface area contributed by atoms with Gasteiger partial charge >= 0.3 is 0 Å². The number of nitrogens with zero attached hydrogens (tertiary/aromatic N) is 3. The molecule has 2 rings (SSSR count). The summed E-state index contributed by atoms with van der Waals surface area (Å²) in [6.07, 6.45) is 0. The average molecular weight is 365 g/mol. The molecule has 0 atom stereocenters. The molecule has 0 radical (unpaired) electrons. The van der Waals surface area contributed by atoms with Gasteiger partial charge in [0, 0.05) is 16.6 Å². The van der Waals surface area contributed by atoms with Gasteiger partial charge in [-0.05, 0) is 37.1 Å². The quantitative estimate of drug-likeness (QED) is 0.901. The summed E-state index contributed by atoms with van der Waals surface area (Å²) in [5, 5.41) is 16.7. The second kappa shape index (κ2) is 7.47. The SMILES string of the molecule is Cc1nn(CC(=O)NCc2ccc(Cl)cc2Cl)c(=O)c(C#N)c1C. The minimum absolute atomic E-state index is 0.00366. The van der Waals surface area contributed by atoms with Gasteiger partial charge in [0.2, 0.25) is 5.91 Å². The van der Waals surface area contributed by atoms with Gasteiger partial charge in [-0.3, -0.25) is 9.59 Å². The van der Waals surface area contributed by atoms with E-state index in [-0.39, 0.29) is 18.7 Å². The molecule has 0 bridgehead atoms. The van der Waals surface area contributed by atoms with Crippen LogP contribution in [0.15, 0.2) is 23.0 Å². The van der Waals surface area contributed by atoms with Crippen LogP contribution in [0.25, 0.3) is 0 Å². The molecule has 8 heteroatoms. The molecule has 24 heavy (non-hydrogen) atoms. The highest BCUT2D eigenvalue weighted by atomic mass is 35.5. The third-order valence-electron chi connectivity index (χ3n) is 3.53. The molecule has 2 aromatic rings. The van der Waals surface area contributed by atoms with Crippen molar-refractivity contribution in [3.05, 3.63) is 61.0 Å². The highest BCUT2D eigenvalue weighted by Crippen LogP contribution is 2.20. The second-order valence-electron chi connectivity index (χ2n) is 5.17. The first-order valence-electron chi connectivity index (χ1n) is 7.02. The number of hydrogen-bond donors (Lipinski definition) is 1. The molecular weight excluding hydrogens is 351 g/mol. The van der Waals surface area contributed by atoms with Crippen LogP contribution in [0.2, 0.25) is 10.0 Å². The number of aromatic nitrogens is 2. The largest absolute Gasteiger partial charge is 0.350 e. The maximum atomic E-state index is 12.1. The fourth-order valence-corrected chi connectivity index (χ4v) is 2.54. The number of halogens is 2. The monoisotopic (exact) mass is 364 g/mol. The standard InChI is InChI=1S/C16H14Cl2N4O2/c1-9-10(2)21-22(16(24)13(9)6-19)8-15(23)20-7-11-3-4-12(17)5-14(11)18/h3-5H,7-8H2,1-2H3,(H,20,23). The molecule has 1 N–H and O–H groups in total. The lowest BCUT2D eigenvalue weighted by atomic mass is 10.1. The zero-order valence-electron chi connectivity index (χ0n) is 13.1. The summed E-state index contributed by atoms with van der Waals surface area (Å²) in [6.45, 7) is 3.24. The van der Waals surface area contributed by atoms with Gasteiger partial charge in [-0.2, -0.15) is 10.4 Å². The van der Waals surface area contributed by atoms with Gasteiger partial charge in [-0.15, -0.1) is 0 Å². The van der Waals surface area contributed by atoms with E-state index < -0.39 is 11.5 Å². The number of rotatable bonds is 4. The van der Waals surface area contributed by atoms with Gasteiger partial charge in [0.05, 0.1) is 5.69 Å². The van der Waals surface area contributed by atoms with Crippen LogP contribution in [0.3, 0.4) is 0 Å². The van der Waals surface area contributed by atoms with E-state index in [9.17, 15) is 9.59 Å². The number of aryl methyl sites for hydroxylation is 1. The Bertz CT molecular complexity index is 900. The topological polar surface area (TPSA) is 87.8 Å². The number of carbonyl (C=O) groups is 1. The fourth-order valence-electron chi connectivity index (χ4n) is 2.06. The van der Waals surface area contributed by atoms with Crippen molar-refractivity contribution >= 4 is 29.1 Å². The fraction of sp³-hybridized carbons (Fsp3) is 0.250. The Balaban J connectivity index is 2.12. The molecular formula is C16H14Cl2N4O2. The number of hydrogen-bond acceptors (Lipinski definition) is 4. The predicted molar refractivity (Wildman–Crippen MR) is 91.0 cm³/mol. The molecule has 0 aliphatic heterocycles. The summed E-state index contributed by atoms with van der Waals surface area (Å²) in [5.74, 6) is -0.414. The average Bonchev–Trinajstić information content (AvgIpc) is 2.52. The van der Waals surface area contributed by atoms with E-state index in [0.29, 0.717) is 26.9 Å². The van der Waals surface area contributed by atoms with E-state index in [1.54, 1.807) is 32.0 Å². The van der Waals surface area contributed by atoms with Crippen LogP contribution in [-0.2, 0) is 17.9 Å². The summed E-state index contributed by atoms with van der Waals surface area (Å²) in [5.41, 5.74) is 1.16. The number of benzene rings is 1. The third kappa shape index (κ3) is 3.94. The molecule has 1 aromatic heterocycles. The lowest BCUT2D eigenvalue weighted by Crippen LogP contribution is -2.35. The van der Waals surface area contributed by atoms with E-state index in [1.807, 2.05) is 6.07 Å². The zero-order valence-corrected chi connectivity index (χ0v) is 14.6. The number of amides is 1. The summed E-state index contributed by atoms with van der Waals surface area (Å²) >= 11 is 11.9. The first-order valence-corrected chi connectivity index (χ1v) is 7.78. The molecule has 1 heterocycles. The molecule has 1 amide bonds. The van der Waals surface area contributed by atoms with Gasteiger partial charge < -0.3 is 5.32 Å². The number of carbonyl (C=O) groups excluding carboxylic acids is 1. The van der Waals surface area contributed by atoms with Crippen molar-refractivity contribution in [2.75, 3.05) is 0 Å². The Labute approximate surface area is 148 Å². The molecule has 0 unspecified atom stereocenters. The number of nitriles is 1. The Kier molecular flexibility index (Phi) is 5.60. The van der Waals surface area contributed by atoms with Crippen molar-refractivity contribution < 1.29 is 4.79 Å². The smallest absolute Gasteiger partial charge is 0.285 e. The highest BCUT2D eigenvalue weighted by Gasteiger charge is 2.14. The maximum Gasteiger partial charge on any atom is 0.285 e. The molecule has 0 spiro atoms. The van der Waals surface area contributed by atoms with E-state index in [2.05, 4.69) is 10.4 Å². The summed E-state index contributed by atoms with van der Waals surface area (Å²) in [7, 11) is 0. The zero-order chi connectivity index (χ0) is 17.9. The first kappa shape index (κ1) is 18.0. The van der Waals surface area contributed by atoms with Crippen LogP contribution < -0.4 is 10.9 Å². The van der Waals surface area contributed by atoms with Crippen molar-refractivity contribution in [1.82, 2.24) is 15.1 Å². The highest BCUT2D eigenvalue weighted by molar-refractivity contribution is 6.35. The van der Waals surface area contributed by atoms with Gasteiger partial charge in [-0.1, -0.05) is 29.3 Å². The Morgan fingerprint density at radius 1 is 1.38 bits per heavy atom. The van der Waals surface area contributed by atoms with Gasteiger partial charge in [0.25, 0.3) is 5.56 Å². The minimum Gasteiger partial charge on any atom is -0.350 e. The molecule has 6 nitrogen and oxygen atoms in total. The Hall–Kier alpha value is -2.36. The van der Waals surface area contributed by atoms with Crippen molar-refractivity contribution in [2.45, 2.75) is 26.9 Å². The molecule has 0 aliphatic carbocycles. The van der Waals surface area contributed by atoms with Crippen molar-refractivity contribution in [2.24, 2.45) is 0 Å². The molecule has 0 saturated heterocycles. The van der Waals surface area contributed by atoms with E-state index in [0.717, 1.165) is 4.68 Å². The molecule has 1 aromatic carbocycles. The number of nitrogens with one attached hydrogen (secondary N) is 1. The van der Waals surface area contributed by atoms with Gasteiger partial charge in [-0.25, -0.2) is 4.68 Å². The maximum absolute atomic E-state index is 12.1. The molecule has 0 saturated carbocycles. The first-order chi connectivity index (χ1) is 11.3. The Morgan fingerprint density at radius 3 is 2.71 bits per heavy atom. The van der Waals surface area contributed by atoms with Crippen LogP contribution in [0.1, 0.15) is 22.4 Å². The van der Waals surface area contributed by atoms with Crippen LogP contribution in [0.4, 0.5) is 0 Å². The lowest BCUT2D eigenvalue weighted by Gasteiger charge is -2.10.